The van der Waals surface area contributed by atoms with Gasteiger partial charge in [0.05, 0.1) is 5.69 Å². The highest BCUT2D eigenvalue weighted by Gasteiger charge is 2.19. The fourth-order valence-electron chi connectivity index (χ4n) is 2.52. The number of nitrogens with zero attached hydrogens (tertiary/aromatic N) is 3. The largest absolute Gasteiger partial charge is 0.326 e. The average Bonchev–Trinajstić information content (AvgIpc) is 2.86. The van der Waals surface area contributed by atoms with Crippen molar-refractivity contribution in [1.29, 1.82) is 0 Å². The van der Waals surface area contributed by atoms with Gasteiger partial charge in [-0.1, -0.05) is 6.07 Å². The van der Waals surface area contributed by atoms with Gasteiger partial charge in [-0.25, -0.2) is 4.98 Å². The number of aryl methyl sites for hydroxylation is 1. The second-order valence-electron chi connectivity index (χ2n) is 4.94. The maximum absolute atomic E-state index is 5.91. The van der Waals surface area contributed by atoms with Crippen molar-refractivity contribution in [3.63, 3.8) is 0 Å². The van der Waals surface area contributed by atoms with E-state index in [1.807, 2.05) is 0 Å². The highest BCUT2D eigenvalue weighted by molar-refractivity contribution is 5.47. The summed E-state index contributed by atoms with van der Waals surface area (Å²) >= 11 is 0. The molecule has 0 bridgehead atoms. The first-order chi connectivity index (χ1) is 8.22. The number of pyridine rings is 1. The summed E-state index contributed by atoms with van der Waals surface area (Å²) in [5.41, 5.74) is 9.32. The van der Waals surface area contributed by atoms with Gasteiger partial charge in [0.15, 0.2) is 0 Å². The van der Waals surface area contributed by atoms with E-state index in [-0.39, 0.29) is 0 Å². The van der Waals surface area contributed by atoms with Crippen LogP contribution in [0.1, 0.15) is 17.7 Å². The molecule has 0 aromatic carbocycles. The summed E-state index contributed by atoms with van der Waals surface area (Å²) in [5, 5.41) is 0. The first-order valence-electron chi connectivity index (χ1n) is 6.13. The molecular weight excluding hydrogens is 212 g/mol. The van der Waals surface area contributed by atoms with Crippen LogP contribution in [-0.4, -0.2) is 33.4 Å². The van der Waals surface area contributed by atoms with Crippen LogP contribution in [0.5, 0.6) is 0 Å². The molecule has 90 valence electrons. The van der Waals surface area contributed by atoms with Crippen molar-refractivity contribution in [2.24, 2.45) is 5.73 Å². The van der Waals surface area contributed by atoms with E-state index in [0.717, 1.165) is 37.4 Å². The quantitative estimate of drug-likeness (QED) is 0.842. The van der Waals surface area contributed by atoms with E-state index in [2.05, 4.69) is 45.7 Å². The summed E-state index contributed by atoms with van der Waals surface area (Å²) in [7, 11) is 0. The summed E-state index contributed by atoms with van der Waals surface area (Å²) in [6.45, 7) is 5.09. The number of rotatable bonds is 2. The number of hydrogen-bond donors (Lipinski definition) is 1. The lowest BCUT2D eigenvalue weighted by Crippen LogP contribution is -2.26. The van der Waals surface area contributed by atoms with Gasteiger partial charge >= 0.3 is 0 Å². The molecule has 0 spiro atoms. The highest BCUT2D eigenvalue weighted by atomic mass is 15.2. The molecule has 1 aliphatic rings. The topological polar surface area (TPSA) is 46.6 Å². The second-order valence-corrected chi connectivity index (χ2v) is 4.94. The van der Waals surface area contributed by atoms with Crippen molar-refractivity contribution in [2.45, 2.75) is 25.9 Å². The zero-order valence-electron chi connectivity index (χ0n) is 10.1. The van der Waals surface area contributed by atoms with Gasteiger partial charge in [-0.15, -0.1) is 0 Å². The van der Waals surface area contributed by atoms with Crippen molar-refractivity contribution in [3.05, 3.63) is 35.8 Å². The molecule has 0 aliphatic carbocycles. The summed E-state index contributed by atoms with van der Waals surface area (Å²) in [6, 6.07) is 4.49. The van der Waals surface area contributed by atoms with E-state index in [1.165, 1.54) is 5.56 Å². The predicted octanol–water partition coefficient (Wildman–Crippen LogP) is 1.18. The Morgan fingerprint density at radius 2 is 2.41 bits per heavy atom. The minimum atomic E-state index is 0.341. The van der Waals surface area contributed by atoms with Crippen molar-refractivity contribution in [1.82, 2.24) is 14.3 Å². The third kappa shape index (κ3) is 2.06. The molecule has 1 saturated heterocycles. The molecule has 0 saturated carbocycles. The van der Waals surface area contributed by atoms with Gasteiger partial charge in [0.1, 0.15) is 5.65 Å². The molecule has 1 atom stereocenters. The third-order valence-electron chi connectivity index (χ3n) is 3.42. The molecule has 0 unspecified atom stereocenters. The van der Waals surface area contributed by atoms with Crippen molar-refractivity contribution >= 4 is 5.65 Å². The molecule has 1 fully saturated rings. The van der Waals surface area contributed by atoms with Crippen LogP contribution in [-0.2, 0) is 6.54 Å². The monoisotopic (exact) mass is 230 g/mol. The molecule has 3 rings (SSSR count). The lowest BCUT2D eigenvalue weighted by Gasteiger charge is -2.12. The van der Waals surface area contributed by atoms with Gasteiger partial charge in [-0.3, -0.25) is 4.90 Å². The van der Waals surface area contributed by atoms with Gasteiger partial charge < -0.3 is 10.1 Å². The summed E-state index contributed by atoms with van der Waals surface area (Å²) in [5.74, 6) is 0. The van der Waals surface area contributed by atoms with E-state index >= 15 is 0 Å². The normalized spacial score (nSPS) is 21.4. The van der Waals surface area contributed by atoms with E-state index in [0.29, 0.717) is 6.04 Å². The Morgan fingerprint density at radius 3 is 3.12 bits per heavy atom. The predicted molar refractivity (Wildman–Crippen MR) is 67.8 cm³/mol. The Morgan fingerprint density at radius 1 is 1.53 bits per heavy atom. The maximum atomic E-state index is 5.91. The number of aromatic nitrogens is 2. The number of imidazole rings is 1. The fraction of sp³-hybridized carbons (Fsp3) is 0.462. The van der Waals surface area contributed by atoms with E-state index in [1.54, 1.807) is 0 Å². The smallest absolute Gasteiger partial charge is 0.139 e. The van der Waals surface area contributed by atoms with E-state index < -0.39 is 0 Å². The molecule has 2 aromatic rings. The van der Waals surface area contributed by atoms with E-state index in [4.69, 9.17) is 5.73 Å². The van der Waals surface area contributed by atoms with Gasteiger partial charge in [0, 0.05) is 38.1 Å². The van der Waals surface area contributed by atoms with Crippen LogP contribution in [0.4, 0.5) is 0 Å². The second kappa shape index (κ2) is 4.13. The number of likely N-dealkylation sites (tertiary alicyclic amines) is 1. The molecule has 2 aromatic heterocycles. The zero-order chi connectivity index (χ0) is 11.8. The van der Waals surface area contributed by atoms with Crippen LogP contribution in [0.3, 0.4) is 0 Å². The van der Waals surface area contributed by atoms with Crippen LogP contribution in [0.15, 0.2) is 24.5 Å². The first-order valence-corrected chi connectivity index (χ1v) is 6.13. The van der Waals surface area contributed by atoms with Gasteiger partial charge in [-0.05, 0) is 25.0 Å². The van der Waals surface area contributed by atoms with Crippen LogP contribution in [0, 0.1) is 6.92 Å². The first kappa shape index (κ1) is 10.7. The molecule has 3 heterocycles. The standard InChI is InChI=1S/C13H18N4/c1-10-3-2-5-17-9-12(15-13(10)17)8-16-6-4-11(14)7-16/h2-3,5,9,11H,4,6-8,14H2,1H3/t11-/m0/s1. The minimum absolute atomic E-state index is 0.341. The lowest BCUT2D eigenvalue weighted by atomic mass is 10.3. The summed E-state index contributed by atoms with van der Waals surface area (Å²) < 4.78 is 2.10. The van der Waals surface area contributed by atoms with Crippen LogP contribution < -0.4 is 5.73 Å². The third-order valence-corrected chi connectivity index (χ3v) is 3.42. The summed E-state index contributed by atoms with van der Waals surface area (Å²) in [4.78, 5) is 7.06. The molecule has 17 heavy (non-hydrogen) atoms. The van der Waals surface area contributed by atoms with Gasteiger partial charge in [0.2, 0.25) is 0 Å². The van der Waals surface area contributed by atoms with Crippen LogP contribution >= 0.6 is 0 Å². The Bertz CT molecular complexity index is 531. The van der Waals surface area contributed by atoms with Crippen molar-refractivity contribution in [2.75, 3.05) is 13.1 Å². The maximum Gasteiger partial charge on any atom is 0.139 e. The van der Waals surface area contributed by atoms with E-state index in [9.17, 15) is 0 Å². The summed E-state index contributed by atoms with van der Waals surface area (Å²) in [6.07, 6.45) is 5.27. The molecule has 2 N–H and O–H groups in total. The van der Waals surface area contributed by atoms with Crippen LogP contribution in [0.2, 0.25) is 0 Å². The van der Waals surface area contributed by atoms with Crippen molar-refractivity contribution < 1.29 is 0 Å². The zero-order valence-corrected chi connectivity index (χ0v) is 10.1. The molecule has 4 nitrogen and oxygen atoms in total. The van der Waals surface area contributed by atoms with Crippen LogP contribution in [0.25, 0.3) is 5.65 Å². The van der Waals surface area contributed by atoms with Crippen molar-refractivity contribution in [3.8, 4) is 0 Å². The Hall–Kier alpha value is -1.39. The Balaban J connectivity index is 1.84. The average molecular weight is 230 g/mol. The lowest BCUT2D eigenvalue weighted by molar-refractivity contribution is 0.323. The molecule has 0 radical (unpaired) electrons. The number of nitrogens with two attached hydrogens (primary N) is 1. The highest BCUT2D eigenvalue weighted by Crippen LogP contribution is 2.14. The molecular formula is C13H18N4. The Labute approximate surface area is 101 Å². The fourth-order valence-corrected chi connectivity index (χ4v) is 2.52. The number of fused-ring (bicyclic) bond motifs is 1. The Kier molecular flexibility index (Phi) is 2.61. The number of hydrogen-bond acceptors (Lipinski definition) is 3. The molecule has 4 heteroatoms. The molecule has 0 amide bonds. The van der Waals surface area contributed by atoms with Gasteiger partial charge in [-0.2, -0.15) is 0 Å². The molecule has 1 aliphatic heterocycles. The SMILES string of the molecule is Cc1cccn2cc(CN3CC[C@H](N)C3)nc12. The van der Waals surface area contributed by atoms with Gasteiger partial charge in [0.25, 0.3) is 0 Å². The minimum Gasteiger partial charge on any atom is -0.326 e.